The monoisotopic (exact) mass is 544 g/mol. The Labute approximate surface area is 237 Å². The Kier molecular flexibility index (Phi) is 8.52. The molecule has 4 fully saturated rings. The van der Waals surface area contributed by atoms with E-state index in [1.807, 2.05) is 0 Å². The smallest absolute Gasteiger partial charge is 0.186 e. The van der Waals surface area contributed by atoms with Crippen molar-refractivity contribution in [2.45, 2.75) is 143 Å². The van der Waals surface area contributed by atoms with Crippen LogP contribution in [0.4, 0.5) is 0 Å². The summed E-state index contributed by atoms with van der Waals surface area (Å²) in [6.45, 7) is 18.3. The molecule has 0 spiro atoms. The van der Waals surface area contributed by atoms with Gasteiger partial charge in [0.25, 0.3) is 0 Å². The summed E-state index contributed by atoms with van der Waals surface area (Å²) in [5.41, 5.74) is 3.66. The van der Waals surface area contributed by atoms with Gasteiger partial charge in [0.1, 0.15) is 18.3 Å². The normalized spacial score (nSPS) is 48.6. The largest absolute Gasteiger partial charge is 0.388 e. The summed E-state index contributed by atoms with van der Waals surface area (Å²) in [4.78, 5) is 0. The van der Waals surface area contributed by atoms with Crippen LogP contribution in [0.25, 0.3) is 0 Å². The molecule has 5 aliphatic rings. The summed E-state index contributed by atoms with van der Waals surface area (Å²) < 4.78 is 12.0. The van der Waals surface area contributed by atoms with Gasteiger partial charge in [-0.1, -0.05) is 58.4 Å². The van der Waals surface area contributed by atoms with Gasteiger partial charge in [0.2, 0.25) is 0 Å². The second kappa shape index (κ2) is 11.2. The molecule has 0 amide bonds. The highest BCUT2D eigenvalue weighted by Gasteiger charge is 2.59. The van der Waals surface area contributed by atoms with Crippen molar-refractivity contribution in [3.05, 3.63) is 23.8 Å². The van der Waals surface area contributed by atoms with E-state index in [0.29, 0.717) is 11.3 Å². The van der Waals surface area contributed by atoms with Gasteiger partial charge in [-0.05, 0) is 117 Å². The molecule has 0 radical (unpaired) electrons. The Morgan fingerprint density at radius 2 is 1.77 bits per heavy atom. The number of aliphatic hydroxyl groups is 3. The Balaban J connectivity index is 1.24. The molecule has 0 aromatic rings. The SMILES string of the molecule is C=C(CC[C@@H](C)[C@H]1CC[C@H]2[C@@H]3CC=C4C[C@@H](O[C@@H]5O[C@@H](C)[C@@H](O)[C@@H](O)[C@@H]5O)CC[C@]4(C)[C@H]3CC[C@]12C)C(C)C. The van der Waals surface area contributed by atoms with E-state index in [1.54, 1.807) is 6.92 Å². The lowest BCUT2D eigenvalue weighted by molar-refractivity contribution is -0.305. The third kappa shape index (κ3) is 5.22. The van der Waals surface area contributed by atoms with Gasteiger partial charge in [-0.3, -0.25) is 0 Å². The molecule has 0 bridgehead atoms. The Morgan fingerprint density at radius 1 is 1.03 bits per heavy atom. The van der Waals surface area contributed by atoms with Crippen molar-refractivity contribution in [2.24, 2.45) is 46.3 Å². The first-order chi connectivity index (χ1) is 18.4. The van der Waals surface area contributed by atoms with E-state index in [9.17, 15) is 15.3 Å². The van der Waals surface area contributed by atoms with Crippen molar-refractivity contribution in [3.8, 4) is 0 Å². The summed E-state index contributed by atoms with van der Waals surface area (Å²) in [6.07, 6.45) is 9.57. The van der Waals surface area contributed by atoms with Gasteiger partial charge in [0, 0.05) is 0 Å². The molecule has 0 aromatic carbocycles. The van der Waals surface area contributed by atoms with Crippen molar-refractivity contribution < 1.29 is 24.8 Å². The molecule has 5 nitrogen and oxygen atoms in total. The quantitative estimate of drug-likeness (QED) is 0.323. The second-order valence-electron chi connectivity index (χ2n) is 15.0. The molecular weight excluding hydrogens is 488 g/mol. The lowest BCUT2D eigenvalue weighted by atomic mass is 9.47. The molecule has 3 saturated carbocycles. The average Bonchev–Trinajstić information content (AvgIpc) is 3.26. The van der Waals surface area contributed by atoms with Crippen LogP contribution in [-0.2, 0) is 9.47 Å². The Bertz CT molecular complexity index is 929. The number of fused-ring (bicyclic) bond motifs is 5. The van der Waals surface area contributed by atoms with Crippen LogP contribution in [0.5, 0.6) is 0 Å². The molecule has 0 unspecified atom stereocenters. The summed E-state index contributed by atoms with van der Waals surface area (Å²) in [5, 5.41) is 30.7. The summed E-state index contributed by atoms with van der Waals surface area (Å²) in [7, 11) is 0. The third-order valence-electron chi connectivity index (χ3n) is 12.7. The van der Waals surface area contributed by atoms with E-state index >= 15 is 0 Å². The number of allylic oxidation sites excluding steroid dienone is 2. The minimum Gasteiger partial charge on any atom is -0.388 e. The van der Waals surface area contributed by atoms with Gasteiger partial charge >= 0.3 is 0 Å². The summed E-state index contributed by atoms with van der Waals surface area (Å²) in [6, 6.07) is 0. The van der Waals surface area contributed by atoms with Gasteiger partial charge in [-0.15, -0.1) is 0 Å². The van der Waals surface area contributed by atoms with Crippen LogP contribution < -0.4 is 0 Å². The van der Waals surface area contributed by atoms with Crippen LogP contribution >= 0.6 is 0 Å². The van der Waals surface area contributed by atoms with E-state index in [1.165, 1.54) is 56.1 Å². The van der Waals surface area contributed by atoms with Crippen molar-refractivity contribution in [3.63, 3.8) is 0 Å². The van der Waals surface area contributed by atoms with Crippen LogP contribution in [-0.4, -0.2) is 52.1 Å². The average molecular weight is 545 g/mol. The highest BCUT2D eigenvalue weighted by Crippen LogP contribution is 2.67. The molecule has 222 valence electrons. The first-order valence-electron chi connectivity index (χ1n) is 16.1. The lowest BCUT2D eigenvalue weighted by Gasteiger charge is -2.58. The molecule has 5 rings (SSSR count). The number of hydrogen-bond donors (Lipinski definition) is 3. The fraction of sp³-hybridized carbons (Fsp3) is 0.882. The number of hydrogen-bond acceptors (Lipinski definition) is 5. The molecule has 39 heavy (non-hydrogen) atoms. The van der Waals surface area contributed by atoms with Crippen LogP contribution in [0.15, 0.2) is 23.8 Å². The van der Waals surface area contributed by atoms with Crippen LogP contribution in [0.3, 0.4) is 0 Å². The molecule has 4 aliphatic carbocycles. The molecule has 5 heteroatoms. The summed E-state index contributed by atoms with van der Waals surface area (Å²) in [5.74, 6) is 4.57. The molecule has 13 atom stereocenters. The Hall–Kier alpha value is -0.720. The van der Waals surface area contributed by atoms with Crippen molar-refractivity contribution in [1.82, 2.24) is 0 Å². The fourth-order valence-corrected chi connectivity index (χ4v) is 9.94. The second-order valence-corrected chi connectivity index (χ2v) is 15.0. The highest BCUT2D eigenvalue weighted by atomic mass is 16.7. The van der Waals surface area contributed by atoms with Crippen LogP contribution in [0.1, 0.15) is 106 Å². The Morgan fingerprint density at radius 3 is 2.49 bits per heavy atom. The minimum absolute atomic E-state index is 0.0266. The first kappa shape index (κ1) is 29.8. The van der Waals surface area contributed by atoms with E-state index in [0.717, 1.165) is 48.9 Å². The predicted molar refractivity (Wildman–Crippen MR) is 155 cm³/mol. The third-order valence-corrected chi connectivity index (χ3v) is 12.7. The number of rotatable bonds is 7. The maximum Gasteiger partial charge on any atom is 0.186 e. The zero-order valence-corrected chi connectivity index (χ0v) is 25.4. The van der Waals surface area contributed by atoms with Gasteiger partial charge < -0.3 is 24.8 Å². The fourth-order valence-electron chi connectivity index (χ4n) is 9.94. The van der Waals surface area contributed by atoms with Crippen molar-refractivity contribution in [1.29, 1.82) is 0 Å². The number of aliphatic hydroxyl groups excluding tert-OH is 3. The van der Waals surface area contributed by atoms with Crippen molar-refractivity contribution >= 4 is 0 Å². The van der Waals surface area contributed by atoms with E-state index < -0.39 is 30.7 Å². The zero-order chi connectivity index (χ0) is 28.3. The topological polar surface area (TPSA) is 79.2 Å². The van der Waals surface area contributed by atoms with E-state index in [4.69, 9.17) is 9.47 Å². The standard InChI is InChI=1S/C34H56O5/c1-19(2)20(3)8-9-21(4)26-12-13-27-25-11-10-23-18-24(39-32-31(37)30(36)29(35)22(5)38-32)14-16-33(23,6)28(25)15-17-34(26,27)7/h10,19,21-22,24-32,35-37H,3,8-9,11-18H2,1-2,4-7H3/t21-,22+,24+,25+,26-,27+,28+,29-,30-,31+,32+,33+,34-/m1/s1. The van der Waals surface area contributed by atoms with Crippen LogP contribution in [0.2, 0.25) is 0 Å². The maximum atomic E-state index is 10.5. The molecule has 0 aromatic heterocycles. The van der Waals surface area contributed by atoms with Gasteiger partial charge in [-0.25, -0.2) is 0 Å². The van der Waals surface area contributed by atoms with Crippen molar-refractivity contribution in [2.75, 3.05) is 0 Å². The van der Waals surface area contributed by atoms with Gasteiger partial charge in [0.15, 0.2) is 6.29 Å². The summed E-state index contributed by atoms with van der Waals surface area (Å²) >= 11 is 0. The molecule has 1 saturated heterocycles. The number of ether oxygens (including phenoxy) is 2. The minimum atomic E-state index is -1.24. The molecule has 1 heterocycles. The van der Waals surface area contributed by atoms with Crippen LogP contribution in [0, 0.1) is 46.3 Å². The lowest BCUT2D eigenvalue weighted by Crippen LogP contribution is -2.58. The molecule has 1 aliphatic heterocycles. The van der Waals surface area contributed by atoms with E-state index in [-0.39, 0.29) is 11.5 Å². The van der Waals surface area contributed by atoms with E-state index in [2.05, 4.69) is 47.3 Å². The molecular formula is C34H56O5. The van der Waals surface area contributed by atoms with Gasteiger partial charge in [0.05, 0.1) is 12.2 Å². The first-order valence-corrected chi connectivity index (χ1v) is 16.1. The predicted octanol–water partition coefficient (Wildman–Crippen LogP) is 6.41. The highest BCUT2D eigenvalue weighted by molar-refractivity contribution is 5.25. The molecule has 3 N–H and O–H groups in total. The van der Waals surface area contributed by atoms with Gasteiger partial charge in [-0.2, -0.15) is 0 Å². The maximum absolute atomic E-state index is 10.5. The zero-order valence-electron chi connectivity index (χ0n) is 25.4.